The molecule has 0 aliphatic heterocycles. The van der Waals surface area contributed by atoms with Gasteiger partial charge >= 0.3 is 0 Å². The Kier molecular flexibility index (Phi) is 5.82. The van der Waals surface area contributed by atoms with Gasteiger partial charge in [-0.1, -0.05) is 6.92 Å². The highest BCUT2D eigenvalue weighted by Gasteiger charge is 2.13. The first-order valence-electron chi connectivity index (χ1n) is 6.27. The number of rotatable bonds is 6. The van der Waals surface area contributed by atoms with Crippen molar-refractivity contribution >= 4 is 15.9 Å². The van der Waals surface area contributed by atoms with E-state index in [2.05, 4.69) is 28.0 Å². The van der Waals surface area contributed by atoms with Gasteiger partial charge in [0.1, 0.15) is 0 Å². The van der Waals surface area contributed by atoms with Gasteiger partial charge in [-0.15, -0.1) is 0 Å². The van der Waals surface area contributed by atoms with E-state index in [0.29, 0.717) is 19.8 Å². The minimum Gasteiger partial charge on any atom is -0.373 e. The van der Waals surface area contributed by atoms with Gasteiger partial charge in [0.05, 0.1) is 41.3 Å². The summed E-state index contributed by atoms with van der Waals surface area (Å²) in [5.74, 6) is 0. The van der Waals surface area contributed by atoms with Gasteiger partial charge in [-0.05, 0) is 43.1 Å². The number of nitrogens with zero attached hydrogens (tertiary/aromatic N) is 2. The summed E-state index contributed by atoms with van der Waals surface area (Å²) in [7, 11) is 1.94. The Hall–Kier alpha value is -0.390. The molecule has 0 aliphatic rings. The summed E-state index contributed by atoms with van der Waals surface area (Å²) in [6.45, 7) is 9.97. The van der Waals surface area contributed by atoms with Crippen molar-refractivity contribution in [1.29, 1.82) is 0 Å². The summed E-state index contributed by atoms with van der Waals surface area (Å²) < 4.78 is 14.1. The smallest absolute Gasteiger partial charge is 0.0897 e. The number of hydrogen-bond donors (Lipinski definition) is 0. The van der Waals surface area contributed by atoms with E-state index < -0.39 is 0 Å². The second-order valence-corrected chi connectivity index (χ2v) is 5.99. The monoisotopic (exact) mass is 318 g/mol. The lowest BCUT2D eigenvalue weighted by Crippen LogP contribution is -2.21. The zero-order chi connectivity index (χ0) is 13.8. The molecule has 0 amide bonds. The van der Waals surface area contributed by atoms with E-state index in [1.807, 2.05) is 32.5 Å². The van der Waals surface area contributed by atoms with Crippen LogP contribution in [-0.4, -0.2) is 28.6 Å². The van der Waals surface area contributed by atoms with Crippen LogP contribution >= 0.6 is 15.9 Å². The van der Waals surface area contributed by atoms with Crippen molar-refractivity contribution in [2.24, 2.45) is 7.05 Å². The Balaban J connectivity index is 2.38. The lowest BCUT2D eigenvalue weighted by Gasteiger charge is -2.19. The minimum atomic E-state index is -0.105. The average Bonchev–Trinajstić information content (AvgIpc) is 2.53. The molecule has 1 aromatic heterocycles. The number of aryl methyl sites for hydroxylation is 2. The van der Waals surface area contributed by atoms with Crippen molar-refractivity contribution in [2.45, 2.75) is 46.3 Å². The van der Waals surface area contributed by atoms with Crippen LogP contribution < -0.4 is 0 Å². The van der Waals surface area contributed by atoms with E-state index in [-0.39, 0.29) is 5.60 Å². The fourth-order valence-corrected chi connectivity index (χ4v) is 2.28. The van der Waals surface area contributed by atoms with Crippen LogP contribution in [0.3, 0.4) is 0 Å². The molecule has 18 heavy (non-hydrogen) atoms. The SMILES string of the molecule is CCc1nn(C)c(COCCOC(C)(C)C)c1Br. The van der Waals surface area contributed by atoms with Crippen molar-refractivity contribution in [3.05, 3.63) is 15.9 Å². The van der Waals surface area contributed by atoms with Gasteiger partial charge in [-0.3, -0.25) is 4.68 Å². The van der Waals surface area contributed by atoms with E-state index >= 15 is 0 Å². The Bertz CT molecular complexity index is 383. The summed E-state index contributed by atoms with van der Waals surface area (Å²) in [4.78, 5) is 0. The number of ether oxygens (including phenoxy) is 2. The second-order valence-electron chi connectivity index (χ2n) is 5.20. The first kappa shape index (κ1) is 15.7. The van der Waals surface area contributed by atoms with Crippen LogP contribution in [0.1, 0.15) is 39.1 Å². The van der Waals surface area contributed by atoms with Gasteiger partial charge in [-0.25, -0.2) is 0 Å². The van der Waals surface area contributed by atoms with Gasteiger partial charge in [0, 0.05) is 7.05 Å². The third-order valence-corrected chi connectivity index (χ3v) is 3.42. The third-order valence-electron chi connectivity index (χ3n) is 2.50. The summed E-state index contributed by atoms with van der Waals surface area (Å²) in [5.41, 5.74) is 2.04. The molecule has 0 spiro atoms. The maximum Gasteiger partial charge on any atom is 0.0897 e. The molecule has 0 bridgehead atoms. The van der Waals surface area contributed by atoms with Crippen molar-refractivity contribution in [2.75, 3.05) is 13.2 Å². The van der Waals surface area contributed by atoms with Crippen LogP contribution in [0.15, 0.2) is 4.47 Å². The number of halogens is 1. The van der Waals surface area contributed by atoms with E-state index in [1.54, 1.807) is 0 Å². The molecule has 5 heteroatoms. The molecular formula is C13H23BrN2O2. The van der Waals surface area contributed by atoms with Gasteiger partial charge in [-0.2, -0.15) is 5.10 Å². The highest BCUT2D eigenvalue weighted by molar-refractivity contribution is 9.10. The predicted molar refractivity (Wildman–Crippen MR) is 75.6 cm³/mol. The first-order valence-corrected chi connectivity index (χ1v) is 7.06. The molecule has 0 saturated heterocycles. The van der Waals surface area contributed by atoms with Crippen molar-refractivity contribution < 1.29 is 9.47 Å². The molecule has 0 radical (unpaired) electrons. The van der Waals surface area contributed by atoms with Crippen LogP contribution in [0.5, 0.6) is 0 Å². The molecule has 0 saturated carbocycles. The zero-order valence-electron chi connectivity index (χ0n) is 11.9. The van der Waals surface area contributed by atoms with Crippen LogP contribution in [0.25, 0.3) is 0 Å². The quantitative estimate of drug-likeness (QED) is 0.756. The fourth-order valence-electron chi connectivity index (χ4n) is 1.55. The van der Waals surface area contributed by atoms with E-state index in [9.17, 15) is 0 Å². The standard InChI is InChI=1S/C13H23BrN2O2/c1-6-10-12(14)11(16(5)15-10)9-17-7-8-18-13(2,3)4/h6-9H2,1-5H3. The maximum absolute atomic E-state index is 5.62. The molecule has 0 fully saturated rings. The molecule has 0 aliphatic carbocycles. The first-order chi connectivity index (χ1) is 8.35. The summed E-state index contributed by atoms with van der Waals surface area (Å²) >= 11 is 3.57. The zero-order valence-corrected chi connectivity index (χ0v) is 13.5. The average molecular weight is 319 g/mol. The second kappa shape index (κ2) is 6.68. The van der Waals surface area contributed by atoms with E-state index in [1.165, 1.54) is 0 Å². The maximum atomic E-state index is 5.62. The Morgan fingerprint density at radius 1 is 1.28 bits per heavy atom. The van der Waals surface area contributed by atoms with Crippen molar-refractivity contribution in [3.8, 4) is 0 Å². The Morgan fingerprint density at radius 3 is 2.44 bits per heavy atom. The molecule has 1 heterocycles. The van der Waals surface area contributed by atoms with Gasteiger partial charge in [0.25, 0.3) is 0 Å². The van der Waals surface area contributed by atoms with Crippen molar-refractivity contribution in [3.63, 3.8) is 0 Å². The molecular weight excluding hydrogens is 296 g/mol. The molecule has 0 aromatic carbocycles. The number of aromatic nitrogens is 2. The summed E-state index contributed by atoms with van der Waals surface area (Å²) in [5, 5.41) is 4.43. The van der Waals surface area contributed by atoms with Crippen LogP contribution in [0, 0.1) is 0 Å². The highest BCUT2D eigenvalue weighted by Crippen LogP contribution is 2.22. The molecule has 4 nitrogen and oxygen atoms in total. The van der Waals surface area contributed by atoms with Crippen LogP contribution in [0.2, 0.25) is 0 Å². The molecule has 0 atom stereocenters. The topological polar surface area (TPSA) is 36.3 Å². The Labute approximate surface area is 118 Å². The fraction of sp³-hybridized carbons (Fsp3) is 0.769. The molecule has 0 N–H and O–H groups in total. The van der Waals surface area contributed by atoms with Crippen molar-refractivity contribution in [1.82, 2.24) is 9.78 Å². The number of hydrogen-bond acceptors (Lipinski definition) is 3. The lowest BCUT2D eigenvalue weighted by molar-refractivity contribution is -0.0384. The summed E-state index contributed by atoms with van der Waals surface area (Å²) in [6.07, 6.45) is 0.918. The molecule has 0 unspecified atom stereocenters. The Morgan fingerprint density at radius 2 is 1.94 bits per heavy atom. The van der Waals surface area contributed by atoms with E-state index in [4.69, 9.17) is 9.47 Å². The highest BCUT2D eigenvalue weighted by atomic mass is 79.9. The molecule has 1 rings (SSSR count). The third kappa shape index (κ3) is 4.71. The normalized spacial score (nSPS) is 12.1. The minimum absolute atomic E-state index is 0.105. The van der Waals surface area contributed by atoms with E-state index in [0.717, 1.165) is 22.3 Å². The van der Waals surface area contributed by atoms with Gasteiger partial charge < -0.3 is 9.47 Å². The van der Waals surface area contributed by atoms with Gasteiger partial charge in [0.2, 0.25) is 0 Å². The summed E-state index contributed by atoms with van der Waals surface area (Å²) in [6, 6.07) is 0. The molecule has 104 valence electrons. The van der Waals surface area contributed by atoms with Crippen LogP contribution in [-0.2, 0) is 29.5 Å². The largest absolute Gasteiger partial charge is 0.373 e. The lowest BCUT2D eigenvalue weighted by atomic mass is 10.2. The molecule has 1 aromatic rings. The predicted octanol–water partition coefficient (Wildman–Crippen LogP) is 3.08. The van der Waals surface area contributed by atoms with Crippen LogP contribution in [0.4, 0.5) is 0 Å². The van der Waals surface area contributed by atoms with Gasteiger partial charge in [0.15, 0.2) is 0 Å².